The number of hydrogen-bond donors (Lipinski definition) is 0. The lowest BCUT2D eigenvalue weighted by Crippen LogP contribution is -2.34. The quantitative estimate of drug-likeness (QED) is 0.829. The molecule has 1 aromatic rings. The molecule has 1 aliphatic rings. The topological polar surface area (TPSA) is 29.5 Å². The van der Waals surface area contributed by atoms with E-state index in [4.69, 9.17) is 11.9 Å². The van der Waals surface area contributed by atoms with Gasteiger partial charge in [-0.15, -0.1) is 0 Å². The molecule has 1 unspecified atom stereocenters. The Hall–Kier alpha value is -1.06. The standard InChI is InChI=1S/C15H20ClNO2/c1-2-8-15(14(18)19-16)9-10-17(12-15)11-13-6-4-3-5-7-13/h3-7H,2,8-12H2,1H3. The summed E-state index contributed by atoms with van der Waals surface area (Å²) in [5.74, 6) is -0.272. The van der Waals surface area contributed by atoms with Gasteiger partial charge in [0.25, 0.3) is 0 Å². The van der Waals surface area contributed by atoms with Crippen molar-refractivity contribution in [2.24, 2.45) is 5.41 Å². The molecule has 0 amide bonds. The monoisotopic (exact) mass is 281 g/mol. The molecule has 0 saturated carbocycles. The summed E-state index contributed by atoms with van der Waals surface area (Å²) in [6.45, 7) is 4.62. The van der Waals surface area contributed by atoms with Crippen molar-refractivity contribution < 1.29 is 9.08 Å². The van der Waals surface area contributed by atoms with Gasteiger partial charge in [-0.05, 0) is 24.9 Å². The average molecular weight is 282 g/mol. The van der Waals surface area contributed by atoms with Crippen molar-refractivity contribution in [3.8, 4) is 0 Å². The summed E-state index contributed by atoms with van der Waals surface area (Å²) < 4.78 is 4.50. The van der Waals surface area contributed by atoms with Gasteiger partial charge >= 0.3 is 5.97 Å². The number of nitrogens with zero attached hydrogens (tertiary/aromatic N) is 1. The van der Waals surface area contributed by atoms with Crippen LogP contribution in [0.15, 0.2) is 30.3 Å². The van der Waals surface area contributed by atoms with Crippen LogP contribution < -0.4 is 0 Å². The van der Waals surface area contributed by atoms with Gasteiger partial charge in [-0.25, -0.2) is 4.79 Å². The van der Waals surface area contributed by atoms with E-state index in [1.54, 1.807) is 0 Å². The number of likely N-dealkylation sites (tertiary alicyclic amines) is 1. The fourth-order valence-electron chi connectivity index (χ4n) is 2.97. The Morgan fingerprint density at radius 1 is 1.42 bits per heavy atom. The molecule has 1 aromatic carbocycles. The molecule has 1 saturated heterocycles. The Balaban J connectivity index is 2.02. The number of halogens is 1. The smallest absolute Gasteiger partial charge is 0.332 e. The highest BCUT2D eigenvalue weighted by atomic mass is 35.5. The third kappa shape index (κ3) is 3.28. The van der Waals surface area contributed by atoms with Crippen molar-refractivity contribution in [1.29, 1.82) is 0 Å². The molecule has 4 heteroatoms. The minimum atomic E-state index is -0.411. The zero-order chi connectivity index (χ0) is 13.7. The maximum atomic E-state index is 11.9. The average Bonchev–Trinajstić information content (AvgIpc) is 2.84. The van der Waals surface area contributed by atoms with Gasteiger partial charge in [-0.2, -0.15) is 0 Å². The maximum Gasteiger partial charge on any atom is 0.332 e. The van der Waals surface area contributed by atoms with Gasteiger partial charge in [0.15, 0.2) is 0 Å². The summed E-state index contributed by atoms with van der Waals surface area (Å²) in [5.41, 5.74) is 0.861. The number of carbonyl (C=O) groups is 1. The Kier molecular flexibility index (Phi) is 4.83. The molecule has 1 atom stereocenters. The van der Waals surface area contributed by atoms with Crippen LogP contribution in [0.1, 0.15) is 31.7 Å². The Bertz CT molecular complexity index is 423. The third-order valence-corrected chi connectivity index (χ3v) is 4.05. The molecular weight excluding hydrogens is 262 g/mol. The van der Waals surface area contributed by atoms with Crippen LogP contribution in [0.4, 0.5) is 0 Å². The molecule has 0 radical (unpaired) electrons. The molecule has 19 heavy (non-hydrogen) atoms. The first kappa shape index (κ1) is 14.4. The Morgan fingerprint density at radius 3 is 2.79 bits per heavy atom. The van der Waals surface area contributed by atoms with Gasteiger partial charge in [0.05, 0.1) is 5.41 Å². The molecule has 1 heterocycles. The molecule has 0 spiro atoms. The highest BCUT2D eigenvalue weighted by Gasteiger charge is 2.45. The zero-order valence-corrected chi connectivity index (χ0v) is 12.0. The van der Waals surface area contributed by atoms with Crippen molar-refractivity contribution in [1.82, 2.24) is 4.90 Å². The van der Waals surface area contributed by atoms with Crippen LogP contribution in [0, 0.1) is 5.41 Å². The van der Waals surface area contributed by atoms with Crippen molar-refractivity contribution >= 4 is 17.8 Å². The molecule has 0 aliphatic carbocycles. The highest BCUT2D eigenvalue weighted by molar-refractivity contribution is 6.13. The van der Waals surface area contributed by atoms with Crippen LogP contribution in [0.5, 0.6) is 0 Å². The fraction of sp³-hybridized carbons (Fsp3) is 0.533. The lowest BCUT2D eigenvalue weighted by atomic mass is 9.83. The van der Waals surface area contributed by atoms with Crippen LogP contribution in [-0.2, 0) is 15.6 Å². The predicted octanol–water partition coefficient (Wildman–Crippen LogP) is 3.38. The van der Waals surface area contributed by atoms with E-state index in [0.29, 0.717) is 0 Å². The second-order valence-corrected chi connectivity index (χ2v) is 5.50. The third-order valence-electron chi connectivity index (χ3n) is 3.91. The molecule has 2 rings (SSSR count). The number of rotatable bonds is 5. The molecule has 1 aliphatic heterocycles. The van der Waals surface area contributed by atoms with E-state index in [0.717, 1.165) is 38.9 Å². The van der Waals surface area contributed by atoms with Crippen LogP contribution in [0.2, 0.25) is 0 Å². The van der Waals surface area contributed by atoms with Crippen molar-refractivity contribution in [2.75, 3.05) is 13.1 Å². The first-order valence-corrected chi connectivity index (χ1v) is 7.10. The molecular formula is C15H20ClNO2. The summed E-state index contributed by atoms with van der Waals surface area (Å²) in [7, 11) is 0. The van der Waals surface area contributed by atoms with Crippen LogP contribution >= 0.6 is 11.9 Å². The first-order chi connectivity index (χ1) is 9.20. The zero-order valence-electron chi connectivity index (χ0n) is 11.3. The summed E-state index contributed by atoms with van der Waals surface area (Å²) in [4.78, 5) is 14.2. The van der Waals surface area contributed by atoms with Crippen LogP contribution in [0.25, 0.3) is 0 Å². The second-order valence-electron chi connectivity index (χ2n) is 5.34. The molecule has 1 fully saturated rings. The van der Waals surface area contributed by atoms with Gasteiger partial charge in [-0.3, -0.25) is 4.90 Å². The van der Waals surface area contributed by atoms with Gasteiger partial charge in [-0.1, -0.05) is 43.7 Å². The Morgan fingerprint density at radius 2 is 2.16 bits per heavy atom. The minimum Gasteiger partial charge on any atom is -0.347 e. The van der Waals surface area contributed by atoms with Crippen molar-refractivity contribution in [3.05, 3.63) is 35.9 Å². The molecule has 0 N–H and O–H groups in total. The summed E-state index contributed by atoms with van der Waals surface area (Å²) in [6.07, 6.45) is 2.63. The second kappa shape index (κ2) is 6.40. The normalized spacial score (nSPS) is 23.5. The van der Waals surface area contributed by atoms with E-state index in [9.17, 15) is 4.79 Å². The number of benzene rings is 1. The maximum absolute atomic E-state index is 11.9. The predicted molar refractivity (Wildman–Crippen MR) is 75.6 cm³/mol. The Labute approximate surface area is 119 Å². The van der Waals surface area contributed by atoms with Gasteiger partial charge in [0.2, 0.25) is 0 Å². The summed E-state index contributed by atoms with van der Waals surface area (Å²) >= 11 is 5.30. The van der Waals surface area contributed by atoms with Gasteiger partial charge in [0, 0.05) is 13.1 Å². The molecule has 0 aromatic heterocycles. The van der Waals surface area contributed by atoms with Gasteiger partial charge in [0.1, 0.15) is 11.9 Å². The van der Waals surface area contributed by atoms with E-state index >= 15 is 0 Å². The minimum absolute atomic E-state index is 0.272. The first-order valence-electron chi connectivity index (χ1n) is 6.79. The van der Waals surface area contributed by atoms with E-state index in [-0.39, 0.29) is 5.97 Å². The molecule has 3 nitrogen and oxygen atoms in total. The molecule has 0 bridgehead atoms. The van der Waals surface area contributed by atoms with E-state index in [1.165, 1.54) is 5.56 Å². The van der Waals surface area contributed by atoms with E-state index in [2.05, 4.69) is 28.2 Å². The summed E-state index contributed by atoms with van der Waals surface area (Å²) in [6, 6.07) is 10.3. The van der Waals surface area contributed by atoms with E-state index < -0.39 is 5.41 Å². The number of hydrogen-bond acceptors (Lipinski definition) is 3. The lowest BCUT2D eigenvalue weighted by Gasteiger charge is -2.25. The highest BCUT2D eigenvalue weighted by Crippen LogP contribution is 2.37. The van der Waals surface area contributed by atoms with E-state index in [1.807, 2.05) is 18.2 Å². The van der Waals surface area contributed by atoms with Crippen molar-refractivity contribution in [2.45, 2.75) is 32.7 Å². The largest absolute Gasteiger partial charge is 0.347 e. The SMILES string of the molecule is CCCC1(C(=O)OCl)CCN(Cc2ccccc2)C1. The lowest BCUT2D eigenvalue weighted by molar-refractivity contribution is -0.145. The van der Waals surface area contributed by atoms with Crippen LogP contribution in [0.3, 0.4) is 0 Å². The van der Waals surface area contributed by atoms with Crippen LogP contribution in [-0.4, -0.2) is 24.0 Å². The summed E-state index contributed by atoms with van der Waals surface area (Å²) in [5, 5.41) is 0. The van der Waals surface area contributed by atoms with Crippen molar-refractivity contribution in [3.63, 3.8) is 0 Å². The number of carbonyl (C=O) groups excluding carboxylic acids is 1. The molecule has 104 valence electrons. The van der Waals surface area contributed by atoms with Gasteiger partial charge < -0.3 is 4.29 Å². The fourth-order valence-corrected chi connectivity index (χ4v) is 3.13.